The summed E-state index contributed by atoms with van der Waals surface area (Å²) in [7, 11) is 0. The molecule has 2 aromatic carbocycles. The molecule has 0 aliphatic heterocycles. The standard InChI is InChI=1S/C23H22N4O/c28-22-20-19(18-12-6-8-15-7-4-5-11-17(15)18)13-14-24-21(20)26-23(27-22)25-16-9-2-1-3-10-16/h4-8,11-14,16H,1-3,9-10H2,(H2,24,25,26,27,28). The lowest BCUT2D eigenvalue weighted by atomic mass is 9.96. The van der Waals surface area contributed by atoms with Gasteiger partial charge in [0.1, 0.15) is 0 Å². The zero-order valence-corrected chi connectivity index (χ0v) is 15.6. The topological polar surface area (TPSA) is 70.7 Å². The minimum atomic E-state index is -0.153. The number of aromatic amines is 1. The molecule has 2 N–H and O–H groups in total. The third-order valence-electron chi connectivity index (χ3n) is 5.63. The minimum absolute atomic E-state index is 0.153. The second-order valence-electron chi connectivity index (χ2n) is 7.48. The molecule has 140 valence electrons. The van der Waals surface area contributed by atoms with Crippen molar-refractivity contribution in [1.82, 2.24) is 15.0 Å². The van der Waals surface area contributed by atoms with E-state index in [-0.39, 0.29) is 5.56 Å². The smallest absolute Gasteiger partial charge is 0.262 e. The van der Waals surface area contributed by atoms with Gasteiger partial charge in [0.15, 0.2) is 5.65 Å². The van der Waals surface area contributed by atoms with E-state index in [4.69, 9.17) is 0 Å². The van der Waals surface area contributed by atoms with Gasteiger partial charge in [-0.25, -0.2) is 4.98 Å². The lowest BCUT2D eigenvalue weighted by Gasteiger charge is -2.23. The maximum atomic E-state index is 13.0. The fourth-order valence-corrected chi connectivity index (χ4v) is 4.26. The maximum absolute atomic E-state index is 13.0. The molecule has 1 fully saturated rings. The van der Waals surface area contributed by atoms with Crippen LogP contribution in [0.4, 0.5) is 5.95 Å². The van der Waals surface area contributed by atoms with Gasteiger partial charge < -0.3 is 5.32 Å². The van der Waals surface area contributed by atoms with E-state index in [0.717, 1.165) is 34.7 Å². The van der Waals surface area contributed by atoms with Gasteiger partial charge in [0.2, 0.25) is 5.95 Å². The molecule has 0 spiro atoms. The SMILES string of the molecule is O=c1[nH]c(NC2CCCCC2)nc2nccc(-c3cccc4ccccc34)c12. The van der Waals surface area contributed by atoms with Gasteiger partial charge in [-0.2, -0.15) is 4.98 Å². The predicted molar refractivity (Wildman–Crippen MR) is 114 cm³/mol. The Balaban J connectivity index is 1.64. The largest absolute Gasteiger partial charge is 0.353 e. The molecular weight excluding hydrogens is 348 g/mol. The molecule has 0 bridgehead atoms. The van der Waals surface area contributed by atoms with Crippen molar-refractivity contribution in [3.05, 3.63) is 65.1 Å². The molecule has 2 aromatic heterocycles. The summed E-state index contributed by atoms with van der Waals surface area (Å²) in [6.07, 6.45) is 7.69. The molecule has 0 radical (unpaired) electrons. The number of nitrogens with zero attached hydrogens (tertiary/aromatic N) is 2. The zero-order valence-electron chi connectivity index (χ0n) is 15.6. The van der Waals surface area contributed by atoms with Gasteiger partial charge in [-0.15, -0.1) is 0 Å². The Morgan fingerprint density at radius 2 is 1.75 bits per heavy atom. The van der Waals surface area contributed by atoms with E-state index < -0.39 is 0 Å². The van der Waals surface area contributed by atoms with Crippen molar-refractivity contribution in [3.63, 3.8) is 0 Å². The second kappa shape index (κ2) is 7.08. The van der Waals surface area contributed by atoms with Crippen molar-refractivity contribution in [3.8, 4) is 11.1 Å². The normalized spacial score (nSPS) is 15.1. The number of benzene rings is 2. The molecule has 1 saturated carbocycles. The first-order chi connectivity index (χ1) is 13.8. The predicted octanol–water partition coefficient (Wildman–Crippen LogP) is 4.88. The third-order valence-corrected chi connectivity index (χ3v) is 5.63. The Morgan fingerprint density at radius 3 is 2.64 bits per heavy atom. The highest BCUT2D eigenvalue weighted by Crippen LogP contribution is 2.31. The first kappa shape index (κ1) is 16.9. The van der Waals surface area contributed by atoms with Crippen LogP contribution in [0.15, 0.2) is 59.5 Å². The number of pyridine rings is 1. The molecule has 0 atom stereocenters. The molecule has 1 aliphatic rings. The molecule has 0 amide bonds. The molecule has 0 saturated heterocycles. The Hall–Kier alpha value is -3.21. The summed E-state index contributed by atoms with van der Waals surface area (Å²) in [5, 5.41) is 6.19. The first-order valence-electron chi connectivity index (χ1n) is 9.93. The van der Waals surface area contributed by atoms with Crippen molar-refractivity contribution in [2.75, 3.05) is 5.32 Å². The first-order valence-corrected chi connectivity index (χ1v) is 9.93. The van der Waals surface area contributed by atoms with Crippen LogP contribution in [0.5, 0.6) is 0 Å². The van der Waals surface area contributed by atoms with Gasteiger partial charge in [-0.05, 0) is 35.2 Å². The van der Waals surface area contributed by atoms with Crippen molar-refractivity contribution in [2.24, 2.45) is 0 Å². The van der Waals surface area contributed by atoms with E-state index in [2.05, 4.69) is 38.5 Å². The van der Waals surface area contributed by atoms with Crippen molar-refractivity contribution in [1.29, 1.82) is 0 Å². The van der Waals surface area contributed by atoms with Crippen LogP contribution in [0, 0.1) is 0 Å². The van der Waals surface area contributed by atoms with Crippen LogP contribution in [-0.4, -0.2) is 21.0 Å². The van der Waals surface area contributed by atoms with Crippen LogP contribution in [-0.2, 0) is 0 Å². The van der Waals surface area contributed by atoms with E-state index in [0.29, 0.717) is 23.0 Å². The van der Waals surface area contributed by atoms with Gasteiger partial charge in [-0.1, -0.05) is 61.7 Å². The summed E-state index contributed by atoms with van der Waals surface area (Å²) in [6.45, 7) is 0. The number of H-pyrrole nitrogens is 1. The van der Waals surface area contributed by atoms with Gasteiger partial charge in [-0.3, -0.25) is 9.78 Å². The van der Waals surface area contributed by atoms with Crippen LogP contribution in [0.1, 0.15) is 32.1 Å². The summed E-state index contributed by atoms with van der Waals surface area (Å²) >= 11 is 0. The number of hydrogen-bond donors (Lipinski definition) is 2. The van der Waals surface area contributed by atoms with Gasteiger partial charge in [0.05, 0.1) is 5.39 Å². The number of aromatic nitrogens is 3. The lowest BCUT2D eigenvalue weighted by Crippen LogP contribution is -2.25. The number of fused-ring (bicyclic) bond motifs is 2. The van der Waals surface area contributed by atoms with E-state index in [1.54, 1.807) is 6.20 Å². The van der Waals surface area contributed by atoms with Crippen molar-refractivity contribution < 1.29 is 0 Å². The van der Waals surface area contributed by atoms with E-state index >= 15 is 0 Å². The second-order valence-corrected chi connectivity index (χ2v) is 7.48. The van der Waals surface area contributed by atoms with Crippen LogP contribution in [0.3, 0.4) is 0 Å². The molecule has 5 heteroatoms. The van der Waals surface area contributed by atoms with E-state index in [1.807, 2.05) is 30.3 Å². The number of anilines is 1. The Bertz CT molecular complexity index is 1200. The molecule has 5 nitrogen and oxygen atoms in total. The molecule has 4 aromatic rings. The van der Waals surface area contributed by atoms with E-state index in [1.165, 1.54) is 19.3 Å². The fourth-order valence-electron chi connectivity index (χ4n) is 4.26. The summed E-state index contributed by atoms with van der Waals surface area (Å²) in [5.74, 6) is 0.520. The van der Waals surface area contributed by atoms with Gasteiger partial charge in [0, 0.05) is 17.8 Å². The molecule has 0 unspecified atom stereocenters. The molecule has 1 aliphatic carbocycles. The van der Waals surface area contributed by atoms with Gasteiger partial charge >= 0.3 is 0 Å². The van der Waals surface area contributed by atoms with Gasteiger partial charge in [0.25, 0.3) is 5.56 Å². The highest BCUT2D eigenvalue weighted by molar-refractivity contribution is 6.03. The summed E-state index contributed by atoms with van der Waals surface area (Å²) in [5.41, 5.74) is 2.21. The van der Waals surface area contributed by atoms with Crippen LogP contribution < -0.4 is 10.9 Å². The Labute approximate surface area is 162 Å². The molecule has 28 heavy (non-hydrogen) atoms. The number of rotatable bonds is 3. The molecular formula is C23H22N4O. The average molecular weight is 370 g/mol. The molecule has 5 rings (SSSR count). The summed E-state index contributed by atoms with van der Waals surface area (Å²) in [4.78, 5) is 24.9. The van der Waals surface area contributed by atoms with Crippen molar-refractivity contribution >= 4 is 27.8 Å². The minimum Gasteiger partial charge on any atom is -0.353 e. The van der Waals surface area contributed by atoms with Crippen LogP contribution in [0.2, 0.25) is 0 Å². The monoisotopic (exact) mass is 370 g/mol. The highest BCUT2D eigenvalue weighted by atomic mass is 16.1. The lowest BCUT2D eigenvalue weighted by molar-refractivity contribution is 0.461. The zero-order chi connectivity index (χ0) is 18.9. The third kappa shape index (κ3) is 3.03. The summed E-state index contributed by atoms with van der Waals surface area (Å²) in [6, 6.07) is 16.6. The maximum Gasteiger partial charge on any atom is 0.262 e. The Kier molecular flexibility index (Phi) is 4.28. The van der Waals surface area contributed by atoms with Crippen LogP contribution >= 0.6 is 0 Å². The highest BCUT2D eigenvalue weighted by Gasteiger charge is 2.17. The van der Waals surface area contributed by atoms with E-state index in [9.17, 15) is 4.79 Å². The number of hydrogen-bond acceptors (Lipinski definition) is 4. The molecule has 2 heterocycles. The van der Waals surface area contributed by atoms with Crippen molar-refractivity contribution in [2.45, 2.75) is 38.1 Å². The Morgan fingerprint density at radius 1 is 0.929 bits per heavy atom. The van der Waals surface area contributed by atoms with Crippen LogP contribution in [0.25, 0.3) is 32.9 Å². The fraction of sp³-hybridized carbons (Fsp3) is 0.261. The quantitative estimate of drug-likeness (QED) is 0.539. The summed E-state index contributed by atoms with van der Waals surface area (Å²) < 4.78 is 0. The number of nitrogens with one attached hydrogen (secondary N) is 2. The average Bonchev–Trinajstić information content (AvgIpc) is 2.73.